The Morgan fingerprint density at radius 2 is 1.74 bits per heavy atom. The molecule has 1 heterocycles. The molecule has 23 heavy (non-hydrogen) atoms. The lowest BCUT2D eigenvalue weighted by atomic mass is 9.48. The van der Waals surface area contributed by atoms with E-state index in [2.05, 4.69) is 12.2 Å². The molecule has 0 aromatic carbocycles. The molecule has 1 aliphatic heterocycles. The fraction of sp³-hybridized carbons (Fsp3) is 0.842. The number of carbonyl (C=O) groups excluding carboxylic acids is 1. The SMILES string of the molecule is C/C(=C\C(=O)NCC1(CO)COC1)C12CC3CC(CC(C3)C1)C2. The third-order valence-electron chi connectivity index (χ3n) is 7.01. The van der Waals surface area contributed by atoms with Gasteiger partial charge in [-0.25, -0.2) is 0 Å². The number of aliphatic hydroxyl groups is 1. The number of aliphatic hydroxyl groups excluding tert-OH is 1. The summed E-state index contributed by atoms with van der Waals surface area (Å²) in [4.78, 5) is 12.3. The first kappa shape index (κ1) is 15.6. The molecule has 2 N–H and O–H groups in total. The van der Waals surface area contributed by atoms with E-state index in [1.165, 1.54) is 44.1 Å². The lowest BCUT2D eigenvalue weighted by Gasteiger charge is -2.57. The van der Waals surface area contributed by atoms with Crippen molar-refractivity contribution < 1.29 is 14.6 Å². The molecule has 5 fully saturated rings. The smallest absolute Gasteiger partial charge is 0.243 e. The van der Waals surface area contributed by atoms with Gasteiger partial charge in [-0.1, -0.05) is 5.57 Å². The number of carbonyl (C=O) groups is 1. The molecule has 4 aliphatic carbocycles. The number of nitrogens with one attached hydrogen (secondary N) is 1. The number of ether oxygens (including phenoxy) is 1. The first-order valence-corrected chi connectivity index (χ1v) is 9.18. The third kappa shape index (κ3) is 2.74. The van der Waals surface area contributed by atoms with Gasteiger partial charge < -0.3 is 15.2 Å². The quantitative estimate of drug-likeness (QED) is 0.764. The molecule has 0 atom stereocenters. The van der Waals surface area contributed by atoms with E-state index >= 15 is 0 Å². The minimum atomic E-state index is -0.252. The second kappa shape index (κ2) is 5.59. The molecule has 0 spiro atoms. The molecule has 0 radical (unpaired) electrons. The van der Waals surface area contributed by atoms with Gasteiger partial charge in [-0.2, -0.15) is 0 Å². The molecule has 4 saturated carbocycles. The maximum absolute atomic E-state index is 12.3. The Hall–Kier alpha value is -0.870. The van der Waals surface area contributed by atoms with Crippen LogP contribution in [-0.4, -0.2) is 37.4 Å². The van der Waals surface area contributed by atoms with Gasteiger partial charge in [0.05, 0.1) is 25.2 Å². The van der Waals surface area contributed by atoms with Gasteiger partial charge in [-0.3, -0.25) is 4.79 Å². The van der Waals surface area contributed by atoms with E-state index in [0.717, 1.165) is 17.8 Å². The van der Waals surface area contributed by atoms with Crippen LogP contribution in [0, 0.1) is 28.6 Å². The molecule has 5 aliphatic rings. The zero-order valence-corrected chi connectivity index (χ0v) is 14.1. The summed E-state index contributed by atoms with van der Waals surface area (Å²) in [5.74, 6) is 2.70. The van der Waals surface area contributed by atoms with E-state index in [0.29, 0.717) is 25.2 Å². The molecular formula is C19H29NO3. The number of hydrogen-bond donors (Lipinski definition) is 2. The molecular weight excluding hydrogens is 290 g/mol. The predicted molar refractivity (Wildman–Crippen MR) is 87.7 cm³/mol. The first-order valence-electron chi connectivity index (χ1n) is 9.18. The van der Waals surface area contributed by atoms with Crippen LogP contribution in [0.25, 0.3) is 0 Å². The molecule has 1 amide bonds. The monoisotopic (exact) mass is 319 g/mol. The van der Waals surface area contributed by atoms with Crippen molar-refractivity contribution in [1.29, 1.82) is 0 Å². The van der Waals surface area contributed by atoms with Crippen LogP contribution in [0.1, 0.15) is 45.4 Å². The van der Waals surface area contributed by atoms with Crippen LogP contribution in [0.3, 0.4) is 0 Å². The summed E-state index contributed by atoms with van der Waals surface area (Å²) in [5, 5.41) is 12.4. The summed E-state index contributed by atoms with van der Waals surface area (Å²) in [6.07, 6.45) is 10.0. The molecule has 0 aromatic rings. The van der Waals surface area contributed by atoms with Gasteiger partial charge in [0.2, 0.25) is 5.91 Å². The zero-order valence-electron chi connectivity index (χ0n) is 14.1. The van der Waals surface area contributed by atoms with Crippen molar-refractivity contribution >= 4 is 5.91 Å². The van der Waals surface area contributed by atoms with Crippen molar-refractivity contribution in [1.82, 2.24) is 5.32 Å². The molecule has 0 unspecified atom stereocenters. The second-order valence-corrected chi connectivity index (χ2v) is 8.89. The van der Waals surface area contributed by atoms with Crippen LogP contribution in [0.15, 0.2) is 11.6 Å². The lowest BCUT2D eigenvalue weighted by molar-refractivity contribution is -0.139. The van der Waals surface area contributed by atoms with E-state index in [1.54, 1.807) is 0 Å². The highest BCUT2D eigenvalue weighted by molar-refractivity contribution is 5.88. The van der Waals surface area contributed by atoms with Gasteiger partial charge in [0.1, 0.15) is 0 Å². The standard InChI is InChI=1S/C19H29NO3/c1-13(2-17(22)20-9-18(10-21)11-23-12-18)19-6-14-3-15(7-19)5-16(4-14)8-19/h2,14-16,21H,3-12H2,1H3,(H,20,22)/b13-2+. The Labute approximate surface area is 138 Å². The summed E-state index contributed by atoms with van der Waals surface area (Å²) in [6, 6.07) is 0. The van der Waals surface area contributed by atoms with E-state index in [-0.39, 0.29) is 17.9 Å². The number of allylic oxidation sites excluding steroid dienone is 1. The first-order chi connectivity index (χ1) is 11.0. The largest absolute Gasteiger partial charge is 0.396 e. The molecule has 4 heteroatoms. The van der Waals surface area contributed by atoms with Crippen LogP contribution in [-0.2, 0) is 9.53 Å². The topological polar surface area (TPSA) is 58.6 Å². The van der Waals surface area contributed by atoms with Gasteiger partial charge in [0.15, 0.2) is 0 Å². The van der Waals surface area contributed by atoms with E-state index in [9.17, 15) is 9.90 Å². The maximum Gasteiger partial charge on any atom is 0.243 e. The van der Waals surface area contributed by atoms with Crippen molar-refractivity contribution in [2.45, 2.75) is 45.4 Å². The average Bonchev–Trinajstić information content (AvgIpc) is 2.45. The molecule has 1 saturated heterocycles. The summed E-state index contributed by atoms with van der Waals surface area (Å²) in [5.41, 5.74) is 1.34. The lowest BCUT2D eigenvalue weighted by Crippen LogP contribution is -2.53. The number of rotatable bonds is 5. The minimum Gasteiger partial charge on any atom is -0.396 e. The maximum atomic E-state index is 12.3. The van der Waals surface area contributed by atoms with Crippen LogP contribution in [0.4, 0.5) is 0 Å². The van der Waals surface area contributed by atoms with Crippen molar-refractivity contribution in [3.63, 3.8) is 0 Å². The fourth-order valence-electron chi connectivity index (χ4n) is 5.91. The number of hydrogen-bond acceptors (Lipinski definition) is 3. The second-order valence-electron chi connectivity index (χ2n) is 8.89. The third-order valence-corrected chi connectivity index (χ3v) is 7.01. The number of amides is 1. The van der Waals surface area contributed by atoms with Gasteiger partial charge in [-0.05, 0) is 68.6 Å². The molecule has 4 bridgehead atoms. The normalized spacial score (nSPS) is 40.8. The minimum absolute atomic E-state index is 0.00188. The van der Waals surface area contributed by atoms with Gasteiger partial charge in [0.25, 0.3) is 0 Å². The molecule has 5 rings (SSSR count). The Balaban J connectivity index is 1.41. The molecule has 4 nitrogen and oxygen atoms in total. The Kier molecular flexibility index (Phi) is 3.80. The highest BCUT2D eigenvalue weighted by atomic mass is 16.5. The van der Waals surface area contributed by atoms with Gasteiger partial charge in [0, 0.05) is 12.6 Å². The van der Waals surface area contributed by atoms with E-state index < -0.39 is 0 Å². The summed E-state index contributed by atoms with van der Waals surface area (Å²) in [6.45, 7) is 3.84. The Morgan fingerprint density at radius 1 is 1.17 bits per heavy atom. The van der Waals surface area contributed by atoms with Crippen molar-refractivity contribution in [3.05, 3.63) is 11.6 Å². The summed E-state index contributed by atoms with van der Waals surface area (Å²) >= 11 is 0. The Bertz CT molecular complexity index is 480. The van der Waals surface area contributed by atoms with Crippen molar-refractivity contribution in [2.24, 2.45) is 28.6 Å². The molecule has 128 valence electrons. The highest BCUT2D eigenvalue weighted by Gasteiger charge is 2.51. The summed E-state index contributed by atoms with van der Waals surface area (Å²) < 4.78 is 5.18. The van der Waals surface area contributed by atoms with Gasteiger partial charge >= 0.3 is 0 Å². The summed E-state index contributed by atoms with van der Waals surface area (Å²) in [7, 11) is 0. The van der Waals surface area contributed by atoms with Crippen LogP contribution in [0.2, 0.25) is 0 Å². The van der Waals surface area contributed by atoms with Gasteiger partial charge in [-0.15, -0.1) is 0 Å². The highest BCUT2D eigenvalue weighted by Crippen LogP contribution is 2.62. The van der Waals surface area contributed by atoms with Crippen molar-refractivity contribution in [2.75, 3.05) is 26.4 Å². The fourth-order valence-corrected chi connectivity index (χ4v) is 5.91. The van der Waals surface area contributed by atoms with Crippen molar-refractivity contribution in [3.8, 4) is 0 Å². The molecule has 0 aromatic heterocycles. The van der Waals surface area contributed by atoms with Crippen LogP contribution < -0.4 is 5.32 Å². The van der Waals surface area contributed by atoms with Crippen LogP contribution >= 0.6 is 0 Å². The Morgan fingerprint density at radius 3 is 2.17 bits per heavy atom. The van der Waals surface area contributed by atoms with E-state index in [1.807, 2.05) is 6.08 Å². The van der Waals surface area contributed by atoms with E-state index in [4.69, 9.17) is 4.74 Å². The zero-order chi connectivity index (χ0) is 16.1. The average molecular weight is 319 g/mol. The predicted octanol–water partition coefficient (Wildman–Crippen LogP) is 2.27. The van der Waals surface area contributed by atoms with Crippen LogP contribution in [0.5, 0.6) is 0 Å².